The molecule has 3 aromatic carbocycles. The molecular formula is C16H11N3Na2O8S2. The van der Waals surface area contributed by atoms with Gasteiger partial charge in [0.2, 0.25) is 0 Å². The Morgan fingerprint density at radius 3 is 1.94 bits per heavy atom. The van der Waals surface area contributed by atoms with Crippen LogP contribution in [0.5, 0.6) is 11.5 Å². The Labute approximate surface area is 221 Å². The molecule has 3 aromatic rings. The van der Waals surface area contributed by atoms with Crippen LogP contribution in [0.2, 0.25) is 0 Å². The van der Waals surface area contributed by atoms with E-state index in [9.17, 15) is 36.2 Å². The van der Waals surface area contributed by atoms with E-state index >= 15 is 0 Å². The summed E-state index contributed by atoms with van der Waals surface area (Å²) in [6.45, 7) is 0. The molecule has 0 aliphatic rings. The van der Waals surface area contributed by atoms with Crippen molar-refractivity contribution in [2.45, 2.75) is 9.79 Å². The standard InChI is InChI=1S/C16H13N3O8S2.2Na/c17-12-7-11(28(22,23)24)5-8-6-13(29(25,26)27)15(16(21)14(8)12)19-18-9-1-3-10(20)4-2-9;;/h1-7,20-21H,17H2,(H,22,23,24)(H,25,26,27);;/q;2*+1/p-2. The maximum atomic E-state index is 12.8. The molecular weight excluding hydrogens is 472 g/mol. The van der Waals surface area contributed by atoms with Gasteiger partial charge in [0.05, 0.1) is 16.3 Å². The van der Waals surface area contributed by atoms with E-state index in [0.29, 0.717) is 0 Å². The van der Waals surface area contributed by atoms with Crippen LogP contribution in [0.4, 0.5) is 17.1 Å². The molecule has 3 rings (SSSR count). The van der Waals surface area contributed by atoms with Gasteiger partial charge < -0.3 is 15.9 Å². The molecule has 0 aromatic heterocycles. The zero-order chi connectivity index (χ0) is 21.6. The number of nitrogen functional groups attached to an aromatic ring is 1. The van der Waals surface area contributed by atoms with E-state index in [-0.39, 0.29) is 87.0 Å². The number of anilines is 1. The van der Waals surface area contributed by atoms with Crippen molar-refractivity contribution in [3.63, 3.8) is 0 Å². The molecule has 0 fully saturated rings. The van der Waals surface area contributed by atoms with Crippen LogP contribution < -0.4 is 75.1 Å². The first kappa shape index (κ1) is 27.8. The Bertz CT molecular complexity index is 1380. The summed E-state index contributed by atoms with van der Waals surface area (Å²) < 4.78 is 64.8. The van der Waals surface area contributed by atoms with Gasteiger partial charge in [-0.2, -0.15) is 21.9 Å². The van der Waals surface area contributed by atoms with Crippen LogP contribution in [0, 0.1) is 0 Å². The summed E-state index contributed by atoms with van der Waals surface area (Å²) in [6, 6.07) is 7.32. The van der Waals surface area contributed by atoms with E-state index < -0.39 is 41.5 Å². The molecule has 4 N–H and O–H groups in total. The molecule has 0 saturated carbocycles. The minimum atomic E-state index is -4.98. The van der Waals surface area contributed by atoms with Gasteiger partial charge in [-0.15, -0.1) is 10.9 Å². The monoisotopic (exact) mass is 483 g/mol. The Kier molecular flexibility index (Phi) is 9.07. The van der Waals surface area contributed by atoms with Crippen LogP contribution >= 0.6 is 0 Å². The zero-order valence-corrected chi connectivity index (χ0v) is 21.8. The third-order valence-corrected chi connectivity index (χ3v) is 5.51. The zero-order valence-electron chi connectivity index (χ0n) is 16.2. The second-order valence-electron chi connectivity index (χ2n) is 5.81. The second-order valence-corrected chi connectivity index (χ2v) is 8.62. The smallest absolute Gasteiger partial charge is 0.872 e. The summed E-state index contributed by atoms with van der Waals surface area (Å²) in [7, 11) is -9.68. The predicted octanol–water partition coefficient (Wildman–Crippen LogP) is -4.51. The van der Waals surface area contributed by atoms with Gasteiger partial charge in [-0.3, -0.25) is 9.11 Å². The number of azo groups is 1. The number of rotatable bonds is 4. The van der Waals surface area contributed by atoms with Gasteiger partial charge in [0.1, 0.15) is 4.90 Å². The Balaban J connectivity index is 0.00000240. The van der Waals surface area contributed by atoms with E-state index in [1.807, 2.05) is 0 Å². The molecule has 0 radical (unpaired) electrons. The van der Waals surface area contributed by atoms with Crippen molar-refractivity contribution < 1.29 is 95.3 Å². The van der Waals surface area contributed by atoms with Gasteiger partial charge in [0, 0.05) is 5.69 Å². The first-order chi connectivity index (χ1) is 13.4. The van der Waals surface area contributed by atoms with Crippen molar-refractivity contribution in [1.29, 1.82) is 0 Å². The summed E-state index contributed by atoms with van der Waals surface area (Å²) in [5.74, 6) is -1.35. The normalized spacial score (nSPS) is 11.8. The van der Waals surface area contributed by atoms with Gasteiger partial charge in [0.25, 0.3) is 20.2 Å². The minimum Gasteiger partial charge on any atom is -0.872 e. The summed E-state index contributed by atoms with van der Waals surface area (Å²) in [5, 5.41) is 30.6. The average molecular weight is 483 g/mol. The molecule has 152 valence electrons. The van der Waals surface area contributed by atoms with Crippen molar-refractivity contribution in [3.8, 4) is 11.5 Å². The van der Waals surface area contributed by atoms with Gasteiger partial charge in [-0.1, -0.05) is 17.9 Å². The van der Waals surface area contributed by atoms with Crippen LogP contribution in [-0.2, 0) is 20.2 Å². The molecule has 0 heterocycles. The minimum absolute atomic E-state index is 0. The molecule has 31 heavy (non-hydrogen) atoms. The van der Waals surface area contributed by atoms with Crippen molar-refractivity contribution in [3.05, 3.63) is 42.5 Å². The SMILES string of the molecule is Nc1cc(S(=O)(=O)O)cc2cc(S(=O)(=O)O)c(N=Nc3ccc([O-])cc3)c([O-])c12.[Na+].[Na+]. The van der Waals surface area contributed by atoms with Crippen molar-refractivity contribution in [1.82, 2.24) is 0 Å². The summed E-state index contributed by atoms with van der Waals surface area (Å²) in [5.41, 5.74) is 4.70. The molecule has 0 atom stereocenters. The number of nitrogens with zero attached hydrogens (tertiary/aromatic N) is 2. The van der Waals surface area contributed by atoms with Gasteiger partial charge in [0.15, 0.2) is 0 Å². The van der Waals surface area contributed by atoms with Gasteiger partial charge in [-0.25, -0.2) is 0 Å². The number of nitrogens with two attached hydrogens (primary N) is 1. The van der Waals surface area contributed by atoms with E-state index in [1.54, 1.807) is 0 Å². The van der Waals surface area contributed by atoms with E-state index in [1.165, 1.54) is 24.3 Å². The van der Waals surface area contributed by atoms with Crippen LogP contribution in [0.3, 0.4) is 0 Å². The van der Waals surface area contributed by atoms with Crippen molar-refractivity contribution in [2.24, 2.45) is 10.2 Å². The van der Waals surface area contributed by atoms with Crippen molar-refractivity contribution >= 4 is 48.1 Å². The topological polar surface area (TPSA) is 206 Å². The first-order valence-corrected chi connectivity index (χ1v) is 10.5. The molecule has 11 nitrogen and oxygen atoms in total. The summed E-state index contributed by atoms with van der Waals surface area (Å²) in [6.07, 6.45) is 0. The molecule has 0 unspecified atom stereocenters. The maximum Gasteiger partial charge on any atom is 1.00 e. The maximum absolute atomic E-state index is 12.8. The number of fused-ring (bicyclic) bond motifs is 1. The fraction of sp³-hybridized carbons (Fsp3) is 0. The van der Waals surface area contributed by atoms with Crippen LogP contribution in [0.1, 0.15) is 0 Å². The van der Waals surface area contributed by atoms with E-state index in [0.717, 1.165) is 18.2 Å². The van der Waals surface area contributed by atoms with Gasteiger partial charge >= 0.3 is 59.1 Å². The summed E-state index contributed by atoms with van der Waals surface area (Å²) >= 11 is 0. The fourth-order valence-corrected chi connectivity index (χ4v) is 3.74. The molecule has 0 spiro atoms. The molecule has 0 aliphatic carbocycles. The third kappa shape index (κ3) is 6.16. The van der Waals surface area contributed by atoms with Crippen LogP contribution in [0.15, 0.2) is 62.5 Å². The van der Waals surface area contributed by atoms with Crippen molar-refractivity contribution in [2.75, 3.05) is 5.73 Å². The Morgan fingerprint density at radius 1 is 0.839 bits per heavy atom. The van der Waals surface area contributed by atoms with Crippen LogP contribution in [0.25, 0.3) is 10.8 Å². The fourth-order valence-electron chi connectivity index (χ4n) is 2.54. The third-order valence-electron chi connectivity index (χ3n) is 3.81. The van der Waals surface area contributed by atoms with E-state index in [4.69, 9.17) is 5.73 Å². The van der Waals surface area contributed by atoms with E-state index in [2.05, 4.69) is 10.2 Å². The number of benzene rings is 3. The Hall–Kier alpha value is -1.26. The molecule has 0 aliphatic heterocycles. The quantitative estimate of drug-likeness (QED) is 0.141. The van der Waals surface area contributed by atoms with Gasteiger partial charge in [-0.05, 0) is 41.1 Å². The predicted molar refractivity (Wildman–Crippen MR) is 97.5 cm³/mol. The second kappa shape index (κ2) is 10.1. The molecule has 0 bridgehead atoms. The first-order valence-electron chi connectivity index (χ1n) is 7.59. The number of hydrogen-bond acceptors (Lipinski definition) is 9. The number of hydrogen-bond donors (Lipinski definition) is 3. The average Bonchev–Trinajstić information content (AvgIpc) is 2.60. The Morgan fingerprint density at radius 2 is 1.42 bits per heavy atom. The largest absolute Gasteiger partial charge is 1.00 e. The molecule has 15 heteroatoms. The summed E-state index contributed by atoms with van der Waals surface area (Å²) in [4.78, 5) is -1.61. The van der Waals surface area contributed by atoms with Crippen LogP contribution in [-0.4, -0.2) is 25.9 Å². The molecule has 0 saturated heterocycles. The molecule has 0 amide bonds.